The van der Waals surface area contributed by atoms with Gasteiger partial charge in [0.15, 0.2) is 0 Å². The predicted molar refractivity (Wildman–Crippen MR) is 160 cm³/mol. The zero-order valence-corrected chi connectivity index (χ0v) is 23.9. The third-order valence-electron chi connectivity index (χ3n) is 3.95. The van der Waals surface area contributed by atoms with E-state index in [1.165, 1.54) is 28.3 Å². The number of hydrazone groups is 1. The molecule has 1 N–H and O–H groups in total. The fourth-order valence-electron chi connectivity index (χ4n) is 2.61. The smallest absolute Gasteiger partial charge is 0.216 e. The number of hydrogen-bond donors (Lipinski definition) is 2. The molecule has 0 atom stereocenters. The number of benzene rings is 2. The van der Waals surface area contributed by atoms with Crippen molar-refractivity contribution in [3.8, 4) is 17.7 Å². The Balaban J connectivity index is -0.000000501. The fraction of sp³-hybridized carbons (Fsp3) is 0.296. The maximum absolute atomic E-state index is 10.4. The summed E-state index contributed by atoms with van der Waals surface area (Å²) in [6.07, 6.45) is 3.24. The standard InChI is InChI=1S/C15H13NS.C7H13N3O.C2H6.CHN.CH2O.CH4S/c1-10-4-3-5-12(8-10)13-6-7-14-15(9-13)17-11(2)16-14;1-4-10(8-3)6-5-9-7(2)11;4*1-2/h3-9H,1-2H3;4H,1,3,5-6H2,2H3,(H,9,11);1-2H3;1H;1H2;2H,1H3. The summed E-state index contributed by atoms with van der Waals surface area (Å²) in [5.41, 5.74) is 4.94. The first kappa shape index (κ1) is 37.1. The van der Waals surface area contributed by atoms with Gasteiger partial charge < -0.3 is 10.1 Å². The number of nitrogens with zero attached hydrogens (tertiary/aromatic N) is 4. The highest BCUT2D eigenvalue weighted by Crippen LogP contribution is 2.28. The van der Waals surface area contributed by atoms with Crippen molar-refractivity contribution < 1.29 is 9.59 Å². The number of aromatic nitrogens is 1. The van der Waals surface area contributed by atoms with E-state index in [1.807, 2.05) is 20.6 Å². The number of fused-ring (bicyclic) bond motifs is 1. The van der Waals surface area contributed by atoms with Gasteiger partial charge in [0, 0.05) is 33.0 Å². The molecule has 36 heavy (non-hydrogen) atoms. The topological polar surface area (TPSA) is 98.5 Å². The van der Waals surface area contributed by atoms with Gasteiger partial charge in [-0.25, -0.2) is 10.2 Å². The lowest BCUT2D eigenvalue weighted by molar-refractivity contribution is -0.119. The van der Waals surface area contributed by atoms with Crippen molar-refractivity contribution in [2.45, 2.75) is 34.6 Å². The number of nitrogens with one attached hydrogen (secondary N) is 1. The number of hydrogen-bond acceptors (Lipinski definition) is 8. The average molecular weight is 530 g/mol. The molecule has 3 aromatic rings. The van der Waals surface area contributed by atoms with Crippen molar-refractivity contribution in [3.63, 3.8) is 0 Å². The highest BCUT2D eigenvalue weighted by molar-refractivity contribution is 7.79. The molecule has 1 aromatic heterocycles. The SMILES string of the molecule is C#N.C=CN(CCNC(C)=O)N=C.C=O.CC.CS.Cc1cccc(-c2ccc3nc(C)sc3c2)c1. The molecule has 2 aromatic carbocycles. The van der Waals surface area contributed by atoms with Crippen LogP contribution in [0.4, 0.5) is 0 Å². The van der Waals surface area contributed by atoms with Crippen molar-refractivity contribution in [2.24, 2.45) is 5.10 Å². The molecule has 0 aliphatic carbocycles. The van der Waals surface area contributed by atoms with E-state index in [0.717, 1.165) is 10.5 Å². The largest absolute Gasteiger partial charge is 0.354 e. The summed E-state index contributed by atoms with van der Waals surface area (Å²) >= 11 is 5.28. The lowest BCUT2D eigenvalue weighted by Crippen LogP contribution is -2.28. The zero-order valence-electron chi connectivity index (χ0n) is 22.2. The van der Waals surface area contributed by atoms with Gasteiger partial charge in [-0.1, -0.05) is 56.3 Å². The average Bonchev–Trinajstić information content (AvgIpc) is 3.31. The maximum Gasteiger partial charge on any atom is 0.216 e. The number of thiazole rings is 1. The monoisotopic (exact) mass is 529 g/mol. The summed E-state index contributed by atoms with van der Waals surface area (Å²) in [6, 6.07) is 15.1. The van der Waals surface area contributed by atoms with Crippen LogP contribution in [0.1, 0.15) is 31.3 Å². The van der Waals surface area contributed by atoms with E-state index in [9.17, 15) is 4.79 Å². The van der Waals surface area contributed by atoms with Crippen LogP contribution < -0.4 is 5.32 Å². The molecule has 1 amide bonds. The normalized spacial score (nSPS) is 8.25. The summed E-state index contributed by atoms with van der Waals surface area (Å²) < 4.78 is 1.27. The van der Waals surface area contributed by atoms with Crippen LogP contribution in [0.3, 0.4) is 0 Å². The molecular formula is C27H39N5O2S2. The van der Waals surface area contributed by atoms with Crippen LogP contribution in [-0.4, -0.2) is 48.8 Å². The Hall–Kier alpha value is -3.48. The third kappa shape index (κ3) is 15.4. The molecular weight excluding hydrogens is 490 g/mol. The lowest BCUT2D eigenvalue weighted by atomic mass is 10.0. The van der Waals surface area contributed by atoms with Gasteiger partial charge in [0.2, 0.25) is 5.91 Å². The van der Waals surface area contributed by atoms with Gasteiger partial charge in [-0.3, -0.25) is 9.80 Å². The summed E-state index contributed by atoms with van der Waals surface area (Å²) in [6.45, 7) is 23.1. The van der Waals surface area contributed by atoms with E-state index in [4.69, 9.17) is 10.1 Å². The number of thiol groups is 1. The Bertz CT molecular complexity index is 1030. The Morgan fingerprint density at radius 2 is 1.75 bits per heavy atom. The molecule has 7 nitrogen and oxygen atoms in total. The number of rotatable bonds is 6. The molecule has 0 unspecified atom stereocenters. The summed E-state index contributed by atoms with van der Waals surface area (Å²) in [5.74, 6) is -0.0434. The molecule has 0 spiro atoms. The molecule has 0 aliphatic rings. The van der Waals surface area contributed by atoms with Gasteiger partial charge >= 0.3 is 0 Å². The van der Waals surface area contributed by atoms with Gasteiger partial charge in [-0.2, -0.15) is 17.7 Å². The molecule has 196 valence electrons. The quantitative estimate of drug-likeness (QED) is 0.222. The highest BCUT2D eigenvalue weighted by atomic mass is 32.1. The molecule has 3 rings (SSSR count). The van der Waals surface area contributed by atoms with Gasteiger partial charge in [0.25, 0.3) is 0 Å². The van der Waals surface area contributed by atoms with E-state index < -0.39 is 0 Å². The van der Waals surface area contributed by atoms with E-state index >= 15 is 0 Å². The minimum absolute atomic E-state index is 0.0434. The highest BCUT2D eigenvalue weighted by Gasteiger charge is 2.03. The number of carbonyl (C=O) groups is 2. The van der Waals surface area contributed by atoms with E-state index in [2.05, 4.69) is 104 Å². The lowest BCUT2D eigenvalue weighted by Gasteiger charge is -2.11. The van der Waals surface area contributed by atoms with Gasteiger partial charge in [0.1, 0.15) is 6.79 Å². The molecule has 9 heteroatoms. The van der Waals surface area contributed by atoms with Crippen LogP contribution >= 0.6 is 24.0 Å². The third-order valence-corrected chi connectivity index (χ3v) is 4.89. The second-order valence-electron chi connectivity index (χ2n) is 6.25. The predicted octanol–water partition coefficient (Wildman–Crippen LogP) is 6.29. The van der Waals surface area contributed by atoms with Crippen molar-refractivity contribution in [1.29, 1.82) is 5.26 Å². The Labute approximate surface area is 226 Å². The Morgan fingerprint density at radius 1 is 1.17 bits per heavy atom. The molecule has 0 bridgehead atoms. The van der Waals surface area contributed by atoms with Crippen LogP contribution in [-0.2, 0) is 9.59 Å². The molecule has 0 aliphatic heterocycles. The van der Waals surface area contributed by atoms with Crippen molar-refractivity contribution in [1.82, 2.24) is 15.3 Å². The van der Waals surface area contributed by atoms with Crippen LogP contribution in [0.25, 0.3) is 21.3 Å². The van der Waals surface area contributed by atoms with E-state index in [1.54, 1.807) is 28.8 Å². The first-order valence-electron chi connectivity index (χ1n) is 11.0. The Kier molecular flexibility index (Phi) is 25.4. The second-order valence-corrected chi connectivity index (χ2v) is 7.49. The van der Waals surface area contributed by atoms with Crippen LogP contribution in [0.2, 0.25) is 0 Å². The summed E-state index contributed by atoms with van der Waals surface area (Å²) in [5, 5.41) is 15.4. The number of amides is 1. The first-order chi connectivity index (χ1) is 17.4. The van der Waals surface area contributed by atoms with E-state index in [-0.39, 0.29) is 5.91 Å². The maximum atomic E-state index is 10.4. The number of aryl methyl sites for hydroxylation is 2. The van der Waals surface area contributed by atoms with Crippen molar-refractivity contribution in [2.75, 3.05) is 19.3 Å². The first-order valence-corrected chi connectivity index (χ1v) is 12.7. The van der Waals surface area contributed by atoms with E-state index in [0.29, 0.717) is 13.1 Å². The van der Waals surface area contributed by atoms with Crippen LogP contribution in [0.5, 0.6) is 0 Å². The summed E-state index contributed by atoms with van der Waals surface area (Å²) in [7, 11) is 0. The van der Waals surface area contributed by atoms with Gasteiger partial charge in [-0.15, -0.1) is 11.3 Å². The Morgan fingerprint density at radius 3 is 2.25 bits per heavy atom. The zero-order chi connectivity index (χ0) is 28.5. The minimum Gasteiger partial charge on any atom is -0.354 e. The fourth-order valence-corrected chi connectivity index (χ4v) is 3.48. The van der Waals surface area contributed by atoms with Gasteiger partial charge in [0.05, 0.1) is 21.8 Å². The minimum atomic E-state index is -0.0434. The molecule has 0 fully saturated rings. The van der Waals surface area contributed by atoms with Crippen molar-refractivity contribution in [3.05, 3.63) is 65.8 Å². The molecule has 0 radical (unpaired) electrons. The summed E-state index contributed by atoms with van der Waals surface area (Å²) in [4.78, 5) is 22.9. The second kappa shape index (κ2) is 24.6. The van der Waals surface area contributed by atoms with Crippen molar-refractivity contribution >= 4 is 53.6 Å². The number of nitriles is 1. The van der Waals surface area contributed by atoms with Gasteiger partial charge in [-0.05, 0) is 43.4 Å². The number of carbonyl (C=O) groups excluding carboxylic acids is 2. The molecule has 0 saturated carbocycles. The molecule has 1 heterocycles. The molecule has 0 saturated heterocycles. The van der Waals surface area contributed by atoms with Crippen LogP contribution in [0.15, 0.2) is 60.3 Å². The van der Waals surface area contributed by atoms with Crippen LogP contribution in [0, 0.1) is 25.7 Å².